The average Bonchev–Trinajstić information content (AvgIpc) is 3.25. The van der Waals surface area contributed by atoms with Crippen molar-refractivity contribution < 1.29 is 5.11 Å². The van der Waals surface area contributed by atoms with Crippen LogP contribution in [0.5, 0.6) is 0 Å². The Balaban J connectivity index is 0.00000196. The first-order chi connectivity index (χ1) is 12.2. The summed E-state index contributed by atoms with van der Waals surface area (Å²) < 4.78 is 1.17. The molecular formula is C20H22IN3OS. The molecule has 6 heteroatoms. The largest absolute Gasteiger partial charge is 0.386 e. The molecule has 0 amide bonds. The molecule has 0 saturated carbocycles. The minimum absolute atomic E-state index is 0. The maximum absolute atomic E-state index is 10.4. The van der Waals surface area contributed by atoms with Crippen LogP contribution in [0.2, 0.25) is 0 Å². The van der Waals surface area contributed by atoms with E-state index in [9.17, 15) is 5.11 Å². The molecule has 1 atom stereocenters. The maximum Gasteiger partial charge on any atom is 0.193 e. The fraction of sp³-hybridized carbons (Fsp3) is 0.250. The lowest BCUT2D eigenvalue weighted by molar-refractivity contribution is 0.191. The van der Waals surface area contributed by atoms with Gasteiger partial charge in [-0.05, 0) is 60.0 Å². The third-order valence-corrected chi connectivity index (χ3v) is 5.80. The molecule has 4 rings (SSSR count). The Kier molecular flexibility index (Phi) is 6.16. The number of nitrogens with two attached hydrogens (primary N) is 1. The number of nitrogens with zero attached hydrogens (tertiary/aromatic N) is 1. The van der Waals surface area contributed by atoms with E-state index in [1.807, 2.05) is 24.3 Å². The Labute approximate surface area is 174 Å². The van der Waals surface area contributed by atoms with Gasteiger partial charge in [-0.3, -0.25) is 4.99 Å². The van der Waals surface area contributed by atoms with Gasteiger partial charge in [0.05, 0.1) is 6.54 Å². The summed E-state index contributed by atoms with van der Waals surface area (Å²) in [6, 6.07) is 16.5. The number of thiophene rings is 1. The molecule has 26 heavy (non-hydrogen) atoms. The molecule has 0 fully saturated rings. The molecule has 0 bridgehead atoms. The van der Waals surface area contributed by atoms with E-state index in [-0.39, 0.29) is 30.5 Å². The predicted octanol–water partition coefficient (Wildman–Crippen LogP) is 4.47. The van der Waals surface area contributed by atoms with Crippen LogP contribution >= 0.6 is 35.3 Å². The van der Waals surface area contributed by atoms with Gasteiger partial charge in [0.25, 0.3) is 0 Å². The van der Waals surface area contributed by atoms with Gasteiger partial charge in [-0.25, -0.2) is 0 Å². The number of aliphatic hydroxyl groups is 1. The van der Waals surface area contributed by atoms with Crippen molar-refractivity contribution in [2.45, 2.75) is 25.4 Å². The molecule has 1 aromatic heterocycles. The van der Waals surface area contributed by atoms with Crippen LogP contribution in [0.25, 0.3) is 10.1 Å². The standard InChI is InChI=1S/C20H21N3OS.HI/c21-20(23-16-9-8-13-5-3-6-14(13)10-16)22-12-17(24)19-11-15-4-1-2-7-18(15)25-19;/h1-2,4,7-11,17,24H,3,5-6,12H2,(H3,21,22,23);1H. The highest BCUT2D eigenvalue weighted by molar-refractivity contribution is 14.0. The first-order valence-corrected chi connectivity index (χ1v) is 9.36. The molecule has 1 unspecified atom stereocenters. The van der Waals surface area contributed by atoms with Crippen LogP contribution in [0, 0.1) is 0 Å². The molecule has 2 aromatic carbocycles. The summed E-state index contributed by atoms with van der Waals surface area (Å²) in [7, 11) is 0. The van der Waals surface area contributed by atoms with E-state index in [0.717, 1.165) is 22.4 Å². The smallest absolute Gasteiger partial charge is 0.193 e. The van der Waals surface area contributed by atoms with Crippen LogP contribution in [0.3, 0.4) is 0 Å². The molecule has 0 aliphatic heterocycles. The molecule has 0 saturated heterocycles. The summed E-state index contributed by atoms with van der Waals surface area (Å²) in [6.45, 7) is 0.247. The number of benzene rings is 2. The van der Waals surface area contributed by atoms with Crippen LogP contribution in [0.1, 0.15) is 28.5 Å². The number of rotatable bonds is 4. The zero-order valence-electron chi connectivity index (χ0n) is 14.3. The molecule has 0 spiro atoms. The molecule has 1 aliphatic rings. The lowest BCUT2D eigenvalue weighted by atomic mass is 10.1. The van der Waals surface area contributed by atoms with Crippen molar-refractivity contribution in [3.63, 3.8) is 0 Å². The van der Waals surface area contributed by atoms with Gasteiger partial charge < -0.3 is 16.2 Å². The SMILES string of the molecule is I.NC(=NCC(O)c1cc2ccccc2s1)Nc1ccc2c(c1)CCC2. The van der Waals surface area contributed by atoms with E-state index in [0.29, 0.717) is 5.96 Å². The summed E-state index contributed by atoms with van der Waals surface area (Å²) in [6.07, 6.45) is 2.88. The van der Waals surface area contributed by atoms with Gasteiger partial charge in [0.2, 0.25) is 0 Å². The number of aliphatic imine (C=N–C) groups is 1. The van der Waals surface area contributed by atoms with Crippen LogP contribution in [0.15, 0.2) is 53.5 Å². The number of hydrogen-bond donors (Lipinski definition) is 3. The van der Waals surface area contributed by atoms with Crippen molar-refractivity contribution >= 4 is 57.0 Å². The topological polar surface area (TPSA) is 70.6 Å². The number of anilines is 1. The number of halogens is 1. The minimum atomic E-state index is -0.641. The van der Waals surface area contributed by atoms with Crippen molar-refractivity contribution in [2.24, 2.45) is 10.7 Å². The number of aliphatic hydroxyl groups excluding tert-OH is 1. The first kappa shape index (κ1) is 19.1. The normalized spacial score (nSPS) is 14.7. The third-order valence-electron chi connectivity index (χ3n) is 4.58. The van der Waals surface area contributed by atoms with Crippen LogP contribution in [0.4, 0.5) is 5.69 Å². The van der Waals surface area contributed by atoms with Gasteiger partial charge in [0.15, 0.2) is 5.96 Å². The summed E-state index contributed by atoms with van der Waals surface area (Å²) in [5.41, 5.74) is 9.76. The second-order valence-corrected chi connectivity index (χ2v) is 7.51. The van der Waals surface area contributed by atoms with Gasteiger partial charge in [-0.2, -0.15) is 0 Å². The first-order valence-electron chi connectivity index (χ1n) is 8.54. The van der Waals surface area contributed by atoms with Crippen LogP contribution in [-0.2, 0) is 12.8 Å². The quantitative estimate of drug-likeness (QED) is 0.294. The Bertz CT molecular complexity index is 905. The minimum Gasteiger partial charge on any atom is -0.386 e. The molecule has 4 nitrogen and oxygen atoms in total. The monoisotopic (exact) mass is 479 g/mol. The number of guanidine groups is 1. The highest BCUT2D eigenvalue weighted by Gasteiger charge is 2.12. The van der Waals surface area contributed by atoms with Crippen LogP contribution < -0.4 is 11.1 Å². The predicted molar refractivity (Wildman–Crippen MR) is 121 cm³/mol. The second-order valence-electron chi connectivity index (χ2n) is 6.39. The molecule has 4 N–H and O–H groups in total. The van der Waals surface area contributed by atoms with E-state index in [4.69, 9.17) is 5.73 Å². The molecule has 1 heterocycles. The maximum atomic E-state index is 10.4. The zero-order valence-corrected chi connectivity index (χ0v) is 17.5. The summed E-state index contributed by atoms with van der Waals surface area (Å²) in [5, 5.41) is 14.7. The van der Waals surface area contributed by atoms with Crippen molar-refractivity contribution in [1.29, 1.82) is 0 Å². The molecule has 3 aromatic rings. The van der Waals surface area contributed by atoms with Crippen molar-refractivity contribution in [3.05, 3.63) is 64.5 Å². The lowest BCUT2D eigenvalue weighted by Crippen LogP contribution is -2.23. The molecule has 136 valence electrons. The van der Waals surface area contributed by atoms with Crippen molar-refractivity contribution in [3.8, 4) is 0 Å². The Morgan fingerprint density at radius 2 is 1.96 bits per heavy atom. The lowest BCUT2D eigenvalue weighted by Gasteiger charge is -2.09. The number of aryl methyl sites for hydroxylation is 2. The van der Waals surface area contributed by atoms with Gasteiger partial charge in [-0.1, -0.05) is 24.3 Å². The Morgan fingerprint density at radius 3 is 2.81 bits per heavy atom. The zero-order chi connectivity index (χ0) is 17.2. The molecule has 0 radical (unpaired) electrons. The van der Waals surface area contributed by atoms with Crippen LogP contribution in [-0.4, -0.2) is 17.6 Å². The summed E-state index contributed by atoms with van der Waals surface area (Å²) >= 11 is 1.59. The van der Waals surface area contributed by atoms with Gasteiger partial charge in [0.1, 0.15) is 6.10 Å². The summed E-state index contributed by atoms with van der Waals surface area (Å²) in [5.74, 6) is 0.332. The third kappa shape index (κ3) is 4.19. The van der Waals surface area contributed by atoms with E-state index in [1.165, 1.54) is 28.7 Å². The van der Waals surface area contributed by atoms with Crippen molar-refractivity contribution in [1.82, 2.24) is 0 Å². The second kappa shape index (κ2) is 8.37. The number of fused-ring (bicyclic) bond motifs is 2. The van der Waals surface area contributed by atoms with E-state index < -0.39 is 6.10 Å². The number of hydrogen-bond acceptors (Lipinski definition) is 3. The Morgan fingerprint density at radius 1 is 1.15 bits per heavy atom. The number of nitrogens with one attached hydrogen (secondary N) is 1. The van der Waals surface area contributed by atoms with E-state index in [1.54, 1.807) is 11.3 Å². The van der Waals surface area contributed by atoms with E-state index >= 15 is 0 Å². The fourth-order valence-electron chi connectivity index (χ4n) is 3.28. The van der Waals surface area contributed by atoms with Gasteiger partial charge >= 0.3 is 0 Å². The molecule has 1 aliphatic carbocycles. The van der Waals surface area contributed by atoms with Gasteiger partial charge in [-0.15, -0.1) is 35.3 Å². The average molecular weight is 479 g/mol. The van der Waals surface area contributed by atoms with Crippen molar-refractivity contribution in [2.75, 3.05) is 11.9 Å². The highest BCUT2D eigenvalue weighted by atomic mass is 127. The highest BCUT2D eigenvalue weighted by Crippen LogP contribution is 2.30. The Hall–Kier alpha value is -1.64. The van der Waals surface area contributed by atoms with Gasteiger partial charge in [0, 0.05) is 15.3 Å². The summed E-state index contributed by atoms with van der Waals surface area (Å²) in [4.78, 5) is 5.21. The fourth-order valence-corrected chi connectivity index (χ4v) is 4.32. The van der Waals surface area contributed by atoms with E-state index in [2.05, 4.69) is 34.6 Å². The molecular weight excluding hydrogens is 457 g/mol.